The van der Waals surface area contributed by atoms with Gasteiger partial charge in [-0.05, 0) is 37.8 Å². The monoisotopic (exact) mass is 250 g/mol. The molecule has 0 aromatic carbocycles. The average molecular weight is 250 g/mol. The zero-order chi connectivity index (χ0) is 14.3. The number of hydrogen-bond donors (Lipinski definition) is 1. The molecule has 0 saturated carbocycles. The van der Waals surface area contributed by atoms with Crippen LogP contribution in [0.4, 0.5) is 0 Å². The van der Waals surface area contributed by atoms with E-state index in [2.05, 4.69) is 30.7 Å². The largest absolute Gasteiger partial charge is 0.311 e. The smallest absolute Gasteiger partial charge is 0.231 e. The third-order valence-corrected chi connectivity index (χ3v) is 2.47. The first kappa shape index (κ1) is 16.6. The van der Waals surface area contributed by atoms with Gasteiger partial charge >= 0.3 is 0 Å². The van der Waals surface area contributed by atoms with Crippen molar-refractivity contribution in [1.82, 2.24) is 5.32 Å². The minimum atomic E-state index is -0.388. The molecule has 1 amide bonds. The van der Waals surface area contributed by atoms with E-state index < -0.39 is 0 Å². The molecule has 3 nitrogen and oxygen atoms in total. The molecule has 0 aliphatic heterocycles. The third-order valence-electron chi connectivity index (χ3n) is 2.47. The summed E-state index contributed by atoms with van der Waals surface area (Å²) in [5.74, 6) is 1.06. The Morgan fingerprint density at radius 3 is 2.39 bits per heavy atom. The zero-order valence-corrected chi connectivity index (χ0v) is 12.5. The van der Waals surface area contributed by atoms with Crippen LogP contribution in [0, 0.1) is 11.3 Å². The number of rotatable bonds is 6. The summed E-state index contributed by atoms with van der Waals surface area (Å²) in [7, 11) is 0. The Bertz CT molecular complexity index is 363. The Hall–Kier alpha value is -1.38. The van der Waals surface area contributed by atoms with Crippen molar-refractivity contribution in [3.05, 3.63) is 24.0 Å². The molecule has 3 heteroatoms. The van der Waals surface area contributed by atoms with Gasteiger partial charge in [-0.3, -0.25) is 4.79 Å². The fraction of sp³-hybridized carbons (Fsp3) is 0.600. The molecule has 0 radical (unpaired) electrons. The molecule has 102 valence electrons. The normalized spacial score (nSPS) is 13.2. The SMILES string of the molecule is C=C(C)C=NC(=CC)NC(=O)C(C)(C)CC(C)C. The van der Waals surface area contributed by atoms with Gasteiger partial charge in [-0.25, -0.2) is 4.99 Å². The Morgan fingerprint density at radius 2 is 2.00 bits per heavy atom. The summed E-state index contributed by atoms with van der Waals surface area (Å²) in [6.07, 6.45) is 4.27. The lowest BCUT2D eigenvalue weighted by atomic mass is 9.83. The number of nitrogens with zero attached hydrogens (tertiary/aromatic N) is 1. The number of amides is 1. The molecule has 0 spiro atoms. The van der Waals surface area contributed by atoms with E-state index in [0.29, 0.717) is 11.7 Å². The highest BCUT2D eigenvalue weighted by atomic mass is 16.2. The molecular weight excluding hydrogens is 224 g/mol. The lowest BCUT2D eigenvalue weighted by Crippen LogP contribution is -2.37. The Labute approximate surface area is 111 Å². The molecule has 0 heterocycles. The summed E-state index contributed by atoms with van der Waals surface area (Å²) in [5, 5.41) is 2.85. The number of aliphatic imine (C=N–C) groups is 1. The lowest BCUT2D eigenvalue weighted by Gasteiger charge is -2.25. The van der Waals surface area contributed by atoms with Crippen LogP contribution < -0.4 is 5.32 Å². The van der Waals surface area contributed by atoms with Crippen LogP contribution in [0.1, 0.15) is 48.0 Å². The van der Waals surface area contributed by atoms with Crippen LogP contribution in [-0.4, -0.2) is 12.1 Å². The minimum Gasteiger partial charge on any atom is -0.311 e. The van der Waals surface area contributed by atoms with E-state index in [1.807, 2.05) is 27.7 Å². The number of allylic oxidation sites excluding steroid dienone is 2. The van der Waals surface area contributed by atoms with Gasteiger partial charge in [-0.15, -0.1) is 0 Å². The van der Waals surface area contributed by atoms with Crippen LogP contribution in [0.15, 0.2) is 29.0 Å². The molecule has 18 heavy (non-hydrogen) atoms. The predicted molar refractivity (Wildman–Crippen MR) is 78.4 cm³/mol. The van der Waals surface area contributed by atoms with Gasteiger partial charge in [0.1, 0.15) is 5.82 Å². The van der Waals surface area contributed by atoms with Crippen molar-refractivity contribution in [3.63, 3.8) is 0 Å². The van der Waals surface area contributed by atoms with Crippen molar-refractivity contribution in [2.45, 2.75) is 48.0 Å². The Kier molecular flexibility index (Phi) is 6.60. The van der Waals surface area contributed by atoms with Gasteiger partial charge in [0.15, 0.2) is 0 Å². The van der Waals surface area contributed by atoms with E-state index in [9.17, 15) is 4.79 Å². The maximum absolute atomic E-state index is 12.2. The van der Waals surface area contributed by atoms with E-state index in [1.165, 1.54) is 0 Å². The number of carbonyl (C=O) groups is 1. The topological polar surface area (TPSA) is 41.5 Å². The van der Waals surface area contributed by atoms with E-state index in [-0.39, 0.29) is 11.3 Å². The van der Waals surface area contributed by atoms with Crippen molar-refractivity contribution in [2.24, 2.45) is 16.3 Å². The zero-order valence-electron chi connectivity index (χ0n) is 12.5. The Morgan fingerprint density at radius 1 is 1.44 bits per heavy atom. The van der Waals surface area contributed by atoms with Crippen LogP contribution in [-0.2, 0) is 4.79 Å². The van der Waals surface area contributed by atoms with Gasteiger partial charge in [-0.1, -0.05) is 34.3 Å². The molecule has 0 unspecified atom stereocenters. The summed E-state index contributed by atoms with van der Waals surface area (Å²) in [6.45, 7) is 15.6. The van der Waals surface area contributed by atoms with Gasteiger partial charge in [0.25, 0.3) is 0 Å². The summed E-state index contributed by atoms with van der Waals surface area (Å²) >= 11 is 0. The van der Waals surface area contributed by atoms with Crippen molar-refractivity contribution in [1.29, 1.82) is 0 Å². The number of nitrogens with one attached hydrogen (secondary N) is 1. The molecule has 0 aromatic rings. The third kappa shape index (κ3) is 6.38. The van der Waals surface area contributed by atoms with Crippen molar-refractivity contribution in [2.75, 3.05) is 0 Å². The molecule has 0 aliphatic rings. The van der Waals surface area contributed by atoms with E-state index in [0.717, 1.165) is 12.0 Å². The van der Waals surface area contributed by atoms with Crippen LogP contribution in [0.3, 0.4) is 0 Å². The highest BCUT2D eigenvalue weighted by Crippen LogP contribution is 2.25. The minimum absolute atomic E-state index is 0.00293. The maximum Gasteiger partial charge on any atom is 0.231 e. The maximum atomic E-state index is 12.2. The number of hydrogen-bond acceptors (Lipinski definition) is 2. The summed E-state index contributed by atoms with van der Waals surface area (Å²) in [5.41, 5.74) is 0.464. The summed E-state index contributed by atoms with van der Waals surface area (Å²) < 4.78 is 0. The quantitative estimate of drug-likeness (QED) is 0.718. The van der Waals surface area contributed by atoms with Gasteiger partial charge in [-0.2, -0.15) is 0 Å². The molecule has 0 bridgehead atoms. The number of carbonyl (C=O) groups excluding carboxylic acids is 1. The highest BCUT2D eigenvalue weighted by molar-refractivity contribution is 5.84. The van der Waals surface area contributed by atoms with Crippen LogP contribution >= 0.6 is 0 Å². The van der Waals surface area contributed by atoms with E-state index in [4.69, 9.17) is 0 Å². The second-order valence-corrected chi connectivity index (χ2v) is 5.71. The second-order valence-electron chi connectivity index (χ2n) is 5.71. The first-order chi connectivity index (χ1) is 8.19. The molecule has 0 atom stereocenters. The summed E-state index contributed by atoms with van der Waals surface area (Å²) in [4.78, 5) is 16.3. The molecule has 0 aliphatic carbocycles. The summed E-state index contributed by atoms with van der Waals surface area (Å²) in [6, 6.07) is 0. The van der Waals surface area contributed by atoms with E-state index in [1.54, 1.807) is 12.3 Å². The second kappa shape index (κ2) is 7.14. The lowest BCUT2D eigenvalue weighted by molar-refractivity contribution is -0.129. The van der Waals surface area contributed by atoms with Gasteiger partial charge in [0, 0.05) is 11.6 Å². The fourth-order valence-electron chi connectivity index (χ4n) is 1.76. The van der Waals surface area contributed by atoms with E-state index >= 15 is 0 Å². The molecule has 1 N–H and O–H groups in total. The van der Waals surface area contributed by atoms with Crippen molar-refractivity contribution in [3.8, 4) is 0 Å². The average Bonchev–Trinajstić information content (AvgIpc) is 2.21. The van der Waals surface area contributed by atoms with Crippen molar-refractivity contribution >= 4 is 12.1 Å². The molecule has 0 fully saturated rings. The fourth-order valence-corrected chi connectivity index (χ4v) is 1.76. The first-order valence-electron chi connectivity index (χ1n) is 6.36. The predicted octanol–water partition coefficient (Wildman–Crippen LogP) is 3.68. The van der Waals surface area contributed by atoms with Gasteiger partial charge in [0.05, 0.1) is 0 Å². The van der Waals surface area contributed by atoms with Crippen LogP contribution in [0.2, 0.25) is 0 Å². The van der Waals surface area contributed by atoms with Crippen LogP contribution in [0.5, 0.6) is 0 Å². The van der Waals surface area contributed by atoms with Gasteiger partial charge < -0.3 is 5.32 Å². The molecule has 0 saturated heterocycles. The molecule has 0 rings (SSSR count). The molecular formula is C15H26N2O. The van der Waals surface area contributed by atoms with Crippen molar-refractivity contribution < 1.29 is 4.79 Å². The van der Waals surface area contributed by atoms with Crippen LogP contribution in [0.25, 0.3) is 0 Å². The highest BCUT2D eigenvalue weighted by Gasteiger charge is 2.28. The first-order valence-corrected chi connectivity index (χ1v) is 6.36. The Balaban J connectivity index is 4.68. The molecule has 0 aromatic heterocycles. The van der Waals surface area contributed by atoms with Gasteiger partial charge in [0.2, 0.25) is 5.91 Å². The standard InChI is InChI=1S/C15H26N2O/c1-8-13(16-10-12(4)5)17-14(18)15(6,7)9-11(2)3/h8,10-11H,4,9H2,1-3,5-7H3,(H,17,18).